The van der Waals surface area contributed by atoms with Crippen LogP contribution in [0.5, 0.6) is 0 Å². The molecule has 0 bridgehead atoms. The molecule has 0 spiro atoms. The van der Waals surface area contributed by atoms with Crippen molar-refractivity contribution < 1.29 is 9.53 Å². The van der Waals surface area contributed by atoms with E-state index in [1.54, 1.807) is 11.3 Å². The van der Waals surface area contributed by atoms with E-state index in [1.807, 2.05) is 18.2 Å². The Bertz CT molecular complexity index is 572. The normalized spacial score (nSPS) is 16.0. The first-order valence-electron chi connectivity index (χ1n) is 7.60. The summed E-state index contributed by atoms with van der Waals surface area (Å²) in [5.74, 6) is -0.101. The van der Waals surface area contributed by atoms with E-state index in [4.69, 9.17) is 4.74 Å². The zero-order chi connectivity index (χ0) is 14.5. The number of anilines is 1. The van der Waals surface area contributed by atoms with Gasteiger partial charge < -0.3 is 10.1 Å². The Morgan fingerprint density at radius 3 is 2.90 bits per heavy atom. The molecule has 3 rings (SSSR count). The molecule has 5 heteroatoms. The van der Waals surface area contributed by atoms with Crippen LogP contribution in [0.15, 0.2) is 24.3 Å². The van der Waals surface area contributed by atoms with Crippen molar-refractivity contribution in [2.45, 2.75) is 44.6 Å². The van der Waals surface area contributed by atoms with Crippen LogP contribution in [0.25, 0.3) is 10.2 Å². The summed E-state index contributed by atoms with van der Waals surface area (Å²) in [6.07, 6.45) is 6.23. The molecular weight excluding hydrogens is 284 g/mol. The minimum Gasteiger partial charge on any atom is -0.462 e. The van der Waals surface area contributed by atoms with Crippen LogP contribution in [0.4, 0.5) is 5.13 Å². The summed E-state index contributed by atoms with van der Waals surface area (Å²) in [5.41, 5.74) is 0.995. The first kappa shape index (κ1) is 14.3. The van der Waals surface area contributed by atoms with Crippen molar-refractivity contribution in [1.29, 1.82) is 0 Å². The Labute approximate surface area is 128 Å². The van der Waals surface area contributed by atoms with Crippen LogP contribution in [0.2, 0.25) is 0 Å². The number of nitrogens with zero attached hydrogens (tertiary/aromatic N) is 1. The molecule has 4 nitrogen and oxygen atoms in total. The zero-order valence-corrected chi connectivity index (χ0v) is 12.8. The highest BCUT2D eigenvalue weighted by Gasteiger charge is 2.17. The number of benzene rings is 1. The van der Waals surface area contributed by atoms with Crippen molar-refractivity contribution in [2.75, 3.05) is 11.9 Å². The maximum atomic E-state index is 11.8. The molecule has 2 aromatic rings. The first-order chi connectivity index (χ1) is 10.3. The zero-order valence-electron chi connectivity index (χ0n) is 12.0. The molecule has 21 heavy (non-hydrogen) atoms. The van der Waals surface area contributed by atoms with Crippen molar-refractivity contribution in [3.63, 3.8) is 0 Å². The van der Waals surface area contributed by atoms with E-state index in [9.17, 15) is 4.79 Å². The number of para-hydroxylation sites is 1. The van der Waals surface area contributed by atoms with E-state index in [-0.39, 0.29) is 12.1 Å². The summed E-state index contributed by atoms with van der Waals surface area (Å²) in [6.45, 7) is 0.575. The van der Waals surface area contributed by atoms with Gasteiger partial charge in [0.2, 0.25) is 0 Å². The van der Waals surface area contributed by atoms with Gasteiger partial charge >= 0.3 is 5.97 Å². The fraction of sp³-hybridized carbons (Fsp3) is 0.500. The van der Waals surface area contributed by atoms with Crippen LogP contribution in [-0.4, -0.2) is 23.6 Å². The van der Waals surface area contributed by atoms with Crippen molar-refractivity contribution in [3.05, 3.63) is 24.3 Å². The summed E-state index contributed by atoms with van der Waals surface area (Å²) in [5, 5.41) is 4.07. The van der Waals surface area contributed by atoms with E-state index in [0.29, 0.717) is 13.0 Å². The standard InChI is InChI=1S/C16H20N2O2S/c19-15(20-12-6-2-1-3-7-12)10-11-17-16-18-13-8-4-5-9-14(13)21-16/h4-5,8-9,12H,1-3,6-7,10-11H2,(H,17,18). The lowest BCUT2D eigenvalue weighted by atomic mass is 9.98. The number of fused-ring (bicyclic) bond motifs is 1. The smallest absolute Gasteiger partial charge is 0.307 e. The number of carbonyl (C=O) groups is 1. The summed E-state index contributed by atoms with van der Waals surface area (Å²) < 4.78 is 6.65. The quantitative estimate of drug-likeness (QED) is 0.849. The molecule has 1 aromatic carbocycles. The Morgan fingerprint density at radius 1 is 1.29 bits per heavy atom. The van der Waals surface area contributed by atoms with Gasteiger partial charge in [0.1, 0.15) is 6.10 Å². The number of hydrogen-bond donors (Lipinski definition) is 1. The first-order valence-corrected chi connectivity index (χ1v) is 8.42. The lowest BCUT2D eigenvalue weighted by Crippen LogP contribution is -2.22. The molecule has 1 aliphatic rings. The number of carbonyl (C=O) groups excluding carboxylic acids is 1. The van der Waals surface area contributed by atoms with Crippen LogP contribution < -0.4 is 5.32 Å². The van der Waals surface area contributed by atoms with E-state index in [0.717, 1.165) is 28.2 Å². The summed E-state index contributed by atoms with van der Waals surface area (Å²) in [6, 6.07) is 8.03. The van der Waals surface area contributed by atoms with Gasteiger partial charge in [-0.25, -0.2) is 4.98 Å². The number of ether oxygens (including phenoxy) is 1. The van der Waals surface area contributed by atoms with E-state index in [2.05, 4.69) is 16.4 Å². The molecule has 0 atom stereocenters. The van der Waals surface area contributed by atoms with Crippen molar-refractivity contribution in [3.8, 4) is 0 Å². The Balaban J connectivity index is 1.43. The monoisotopic (exact) mass is 304 g/mol. The van der Waals surface area contributed by atoms with Gasteiger partial charge in [-0.3, -0.25) is 4.79 Å². The van der Waals surface area contributed by atoms with Crippen molar-refractivity contribution in [2.24, 2.45) is 0 Å². The van der Waals surface area contributed by atoms with Gasteiger partial charge in [0.15, 0.2) is 5.13 Å². The SMILES string of the molecule is O=C(CCNc1nc2ccccc2s1)OC1CCCCC1. The Hall–Kier alpha value is -1.62. The molecule has 1 N–H and O–H groups in total. The second-order valence-electron chi connectivity index (χ2n) is 5.41. The average Bonchev–Trinajstić information content (AvgIpc) is 2.91. The molecule has 1 fully saturated rings. The van der Waals surface area contributed by atoms with Crippen LogP contribution in [-0.2, 0) is 9.53 Å². The number of thiazole rings is 1. The molecule has 1 aromatic heterocycles. The van der Waals surface area contributed by atoms with E-state index in [1.165, 1.54) is 19.3 Å². The second kappa shape index (κ2) is 6.89. The van der Waals surface area contributed by atoms with Gasteiger partial charge in [-0.15, -0.1) is 0 Å². The van der Waals surface area contributed by atoms with E-state index < -0.39 is 0 Å². The molecule has 0 aliphatic heterocycles. The molecular formula is C16H20N2O2S. The predicted molar refractivity (Wildman–Crippen MR) is 85.7 cm³/mol. The van der Waals surface area contributed by atoms with Gasteiger partial charge in [-0.05, 0) is 37.8 Å². The third-order valence-corrected chi connectivity index (χ3v) is 4.74. The minimum atomic E-state index is -0.101. The Morgan fingerprint density at radius 2 is 2.10 bits per heavy atom. The van der Waals surface area contributed by atoms with Gasteiger partial charge in [-0.2, -0.15) is 0 Å². The molecule has 0 amide bonds. The number of nitrogens with one attached hydrogen (secondary N) is 1. The lowest BCUT2D eigenvalue weighted by Gasteiger charge is -2.21. The van der Waals surface area contributed by atoms with Gasteiger partial charge in [0.25, 0.3) is 0 Å². The number of hydrogen-bond acceptors (Lipinski definition) is 5. The number of esters is 1. The fourth-order valence-electron chi connectivity index (χ4n) is 2.65. The third kappa shape index (κ3) is 3.94. The molecule has 1 aliphatic carbocycles. The highest BCUT2D eigenvalue weighted by atomic mass is 32.1. The largest absolute Gasteiger partial charge is 0.462 e. The lowest BCUT2D eigenvalue weighted by molar-refractivity contribution is -0.150. The van der Waals surface area contributed by atoms with Crippen LogP contribution in [0.1, 0.15) is 38.5 Å². The van der Waals surface area contributed by atoms with Crippen LogP contribution >= 0.6 is 11.3 Å². The van der Waals surface area contributed by atoms with Gasteiger partial charge in [-0.1, -0.05) is 29.9 Å². The predicted octanol–water partition coefficient (Wildman–Crippen LogP) is 3.97. The van der Waals surface area contributed by atoms with Gasteiger partial charge in [0.05, 0.1) is 16.6 Å². The molecule has 0 saturated heterocycles. The highest BCUT2D eigenvalue weighted by Crippen LogP contribution is 2.25. The Kier molecular flexibility index (Phi) is 4.70. The van der Waals surface area contributed by atoms with Crippen LogP contribution in [0.3, 0.4) is 0 Å². The number of aromatic nitrogens is 1. The third-order valence-electron chi connectivity index (χ3n) is 3.75. The van der Waals surface area contributed by atoms with Crippen molar-refractivity contribution >= 4 is 32.7 Å². The molecule has 112 valence electrons. The fourth-order valence-corrected chi connectivity index (χ4v) is 3.54. The van der Waals surface area contributed by atoms with E-state index >= 15 is 0 Å². The summed E-state index contributed by atoms with van der Waals surface area (Å²) in [7, 11) is 0. The van der Waals surface area contributed by atoms with Gasteiger partial charge in [0, 0.05) is 6.54 Å². The molecule has 1 saturated carbocycles. The molecule has 0 unspecified atom stereocenters. The maximum Gasteiger partial charge on any atom is 0.307 e. The van der Waals surface area contributed by atoms with Crippen molar-refractivity contribution in [1.82, 2.24) is 4.98 Å². The minimum absolute atomic E-state index is 0.101. The molecule has 1 heterocycles. The maximum absolute atomic E-state index is 11.8. The molecule has 0 radical (unpaired) electrons. The average molecular weight is 304 g/mol. The topological polar surface area (TPSA) is 51.2 Å². The summed E-state index contributed by atoms with van der Waals surface area (Å²) >= 11 is 1.61. The second-order valence-corrected chi connectivity index (χ2v) is 6.44. The summed E-state index contributed by atoms with van der Waals surface area (Å²) in [4.78, 5) is 16.3. The highest BCUT2D eigenvalue weighted by molar-refractivity contribution is 7.22. The number of rotatable bonds is 5. The van der Waals surface area contributed by atoms with Crippen LogP contribution in [0, 0.1) is 0 Å².